The van der Waals surface area contributed by atoms with Crippen molar-refractivity contribution in [1.29, 1.82) is 0 Å². The fourth-order valence-corrected chi connectivity index (χ4v) is 2.37. The fourth-order valence-electron chi connectivity index (χ4n) is 2.18. The van der Waals surface area contributed by atoms with Crippen LogP contribution >= 0.6 is 11.6 Å². The maximum atomic E-state index is 13.3. The number of carbonyl (C=O) groups is 1. The number of rotatable bonds is 2. The third kappa shape index (κ3) is 2.02. The van der Waals surface area contributed by atoms with Crippen molar-refractivity contribution in [3.63, 3.8) is 0 Å². The molecular formula is C15H9ClFNO. The number of fused-ring (bicyclic) bond motifs is 1. The lowest BCUT2D eigenvalue weighted by Crippen LogP contribution is -1.84. The maximum absolute atomic E-state index is 13.3. The van der Waals surface area contributed by atoms with Crippen LogP contribution in [0.15, 0.2) is 42.5 Å². The van der Waals surface area contributed by atoms with Crippen LogP contribution in [0.25, 0.3) is 22.2 Å². The van der Waals surface area contributed by atoms with Gasteiger partial charge in [-0.05, 0) is 30.3 Å². The number of hydrogen-bond donors (Lipinski definition) is 1. The van der Waals surface area contributed by atoms with Crippen LogP contribution in [0.5, 0.6) is 0 Å². The van der Waals surface area contributed by atoms with Crippen LogP contribution in [0.1, 0.15) is 10.4 Å². The average molecular weight is 274 g/mol. The molecule has 3 aromatic rings. The summed E-state index contributed by atoms with van der Waals surface area (Å²) >= 11 is 5.95. The zero-order valence-electron chi connectivity index (χ0n) is 9.78. The molecule has 1 heterocycles. The van der Waals surface area contributed by atoms with Gasteiger partial charge in [-0.15, -0.1) is 0 Å². The van der Waals surface area contributed by atoms with Crippen LogP contribution in [-0.4, -0.2) is 11.3 Å². The Kier molecular flexibility index (Phi) is 2.84. The summed E-state index contributed by atoms with van der Waals surface area (Å²) in [6.07, 6.45) is 0.731. The molecule has 94 valence electrons. The molecule has 0 spiro atoms. The predicted molar refractivity (Wildman–Crippen MR) is 74.1 cm³/mol. The molecule has 0 radical (unpaired) electrons. The van der Waals surface area contributed by atoms with Crippen LogP contribution in [0, 0.1) is 5.82 Å². The summed E-state index contributed by atoms with van der Waals surface area (Å²) in [5.41, 5.74) is 2.61. The van der Waals surface area contributed by atoms with Gasteiger partial charge in [0.25, 0.3) is 0 Å². The van der Waals surface area contributed by atoms with Crippen LogP contribution in [0.2, 0.25) is 5.02 Å². The summed E-state index contributed by atoms with van der Waals surface area (Å²) in [4.78, 5) is 14.4. The smallest absolute Gasteiger partial charge is 0.152 e. The number of aldehydes is 1. The Labute approximate surface area is 113 Å². The molecule has 1 N–H and O–H groups in total. The summed E-state index contributed by atoms with van der Waals surface area (Å²) in [7, 11) is 0. The van der Waals surface area contributed by atoms with E-state index in [9.17, 15) is 9.18 Å². The molecule has 0 fully saturated rings. The minimum atomic E-state index is -0.368. The van der Waals surface area contributed by atoms with E-state index in [0.29, 0.717) is 21.7 Å². The molecule has 0 saturated carbocycles. The first kappa shape index (κ1) is 11.9. The Morgan fingerprint density at radius 3 is 2.74 bits per heavy atom. The number of hydrogen-bond acceptors (Lipinski definition) is 1. The standard InChI is InChI=1S/C15H9ClFNO/c16-10-3-1-2-9(6-10)15-13(8-19)12-7-11(17)4-5-14(12)18-15/h1-8,18H. The molecule has 4 heteroatoms. The van der Waals surface area contributed by atoms with E-state index >= 15 is 0 Å². The Bertz CT molecular complexity index is 779. The molecule has 2 aromatic carbocycles. The molecular weight excluding hydrogens is 265 g/mol. The number of nitrogens with one attached hydrogen (secondary N) is 1. The second-order valence-corrected chi connectivity index (χ2v) is 4.67. The first-order valence-corrected chi connectivity index (χ1v) is 6.09. The van der Waals surface area contributed by atoms with E-state index in [4.69, 9.17) is 11.6 Å². The molecule has 0 saturated heterocycles. The van der Waals surface area contributed by atoms with E-state index < -0.39 is 0 Å². The largest absolute Gasteiger partial charge is 0.354 e. The van der Waals surface area contributed by atoms with Gasteiger partial charge in [-0.3, -0.25) is 4.79 Å². The highest BCUT2D eigenvalue weighted by Crippen LogP contribution is 2.30. The van der Waals surface area contributed by atoms with Gasteiger partial charge in [0.2, 0.25) is 0 Å². The average Bonchev–Trinajstić information content (AvgIpc) is 2.76. The molecule has 0 aliphatic heterocycles. The molecule has 0 aliphatic rings. The summed E-state index contributed by atoms with van der Waals surface area (Å²) in [5.74, 6) is -0.368. The highest BCUT2D eigenvalue weighted by atomic mass is 35.5. The molecule has 3 rings (SSSR count). The van der Waals surface area contributed by atoms with Gasteiger partial charge < -0.3 is 4.98 Å². The molecule has 0 amide bonds. The second kappa shape index (κ2) is 4.52. The topological polar surface area (TPSA) is 32.9 Å². The van der Waals surface area contributed by atoms with E-state index in [1.165, 1.54) is 12.1 Å². The van der Waals surface area contributed by atoms with Gasteiger partial charge >= 0.3 is 0 Å². The SMILES string of the molecule is O=Cc1c(-c2cccc(Cl)c2)[nH]c2ccc(F)cc12. The van der Waals surface area contributed by atoms with Crippen molar-refractivity contribution in [3.05, 3.63) is 58.9 Å². The van der Waals surface area contributed by atoms with E-state index in [-0.39, 0.29) is 5.82 Å². The maximum Gasteiger partial charge on any atom is 0.152 e. The van der Waals surface area contributed by atoms with Crippen molar-refractivity contribution in [3.8, 4) is 11.3 Å². The van der Waals surface area contributed by atoms with E-state index in [1.54, 1.807) is 24.3 Å². The van der Waals surface area contributed by atoms with E-state index in [0.717, 1.165) is 17.4 Å². The number of benzene rings is 2. The Morgan fingerprint density at radius 2 is 2.00 bits per heavy atom. The van der Waals surface area contributed by atoms with Gasteiger partial charge in [0, 0.05) is 27.1 Å². The van der Waals surface area contributed by atoms with Crippen LogP contribution < -0.4 is 0 Å². The fraction of sp³-hybridized carbons (Fsp3) is 0. The molecule has 0 bridgehead atoms. The molecule has 19 heavy (non-hydrogen) atoms. The van der Waals surface area contributed by atoms with E-state index in [2.05, 4.69) is 4.98 Å². The lowest BCUT2D eigenvalue weighted by atomic mass is 10.1. The van der Waals surface area contributed by atoms with Crippen LogP contribution in [-0.2, 0) is 0 Å². The Balaban J connectivity index is 2.32. The Morgan fingerprint density at radius 1 is 1.16 bits per heavy atom. The van der Waals surface area contributed by atoms with Crippen molar-refractivity contribution >= 4 is 28.8 Å². The lowest BCUT2D eigenvalue weighted by Gasteiger charge is -2.00. The minimum Gasteiger partial charge on any atom is -0.354 e. The highest BCUT2D eigenvalue weighted by Gasteiger charge is 2.13. The second-order valence-electron chi connectivity index (χ2n) is 4.23. The molecule has 0 atom stereocenters. The van der Waals surface area contributed by atoms with Gasteiger partial charge in [-0.2, -0.15) is 0 Å². The van der Waals surface area contributed by atoms with Crippen molar-refractivity contribution < 1.29 is 9.18 Å². The summed E-state index contributed by atoms with van der Waals surface area (Å²) in [6.45, 7) is 0. The highest BCUT2D eigenvalue weighted by molar-refractivity contribution is 6.30. The van der Waals surface area contributed by atoms with Gasteiger partial charge in [0.15, 0.2) is 6.29 Å². The van der Waals surface area contributed by atoms with Crippen molar-refractivity contribution in [2.24, 2.45) is 0 Å². The van der Waals surface area contributed by atoms with Crippen LogP contribution in [0.4, 0.5) is 4.39 Å². The predicted octanol–water partition coefficient (Wildman–Crippen LogP) is 4.44. The zero-order chi connectivity index (χ0) is 13.4. The molecule has 1 aromatic heterocycles. The number of aromatic amines is 1. The van der Waals surface area contributed by atoms with Gasteiger partial charge in [0.1, 0.15) is 5.82 Å². The van der Waals surface area contributed by atoms with Crippen LogP contribution in [0.3, 0.4) is 0 Å². The summed E-state index contributed by atoms with van der Waals surface area (Å²) in [6, 6.07) is 11.5. The number of carbonyl (C=O) groups excluding carboxylic acids is 1. The van der Waals surface area contributed by atoms with Crippen molar-refractivity contribution in [2.45, 2.75) is 0 Å². The summed E-state index contributed by atoms with van der Waals surface area (Å²) < 4.78 is 13.3. The quantitative estimate of drug-likeness (QED) is 0.688. The van der Waals surface area contributed by atoms with Gasteiger partial charge in [0.05, 0.1) is 5.69 Å². The first-order chi connectivity index (χ1) is 9.19. The minimum absolute atomic E-state index is 0.368. The third-order valence-electron chi connectivity index (χ3n) is 3.03. The number of H-pyrrole nitrogens is 1. The Hall–Kier alpha value is -2.13. The molecule has 0 unspecified atom stereocenters. The van der Waals surface area contributed by atoms with Gasteiger partial charge in [-0.25, -0.2) is 4.39 Å². The number of aromatic nitrogens is 1. The normalized spacial score (nSPS) is 10.8. The number of halogens is 2. The molecule has 0 aliphatic carbocycles. The molecule has 2 nitrogen and oxygen atoms in total. The van der Waals surface area contributed by atoms with E-state index in [1.807, 2.05) is 6.07 Å². The lowest BCUT2D eigenvalue weighted by molar-refractivity contribution is 0.112. The van der Waals surface area contributed by atoms with Crippen molar-refractivity contribution in [2.75, 3.05) is 0 Å². The monoisotopic (exact) mass is 273 g/mol. The third-order valence-corrected chi connectivity index (χ3v) is 3.27. The summed E-state index contributed by atoms with van der Waals surface area (Å²) in [5, 5.41) is 1.16. The van der Waals surface area contributed by atoms with Gasteiger partial charge in [-0.1, -0.05) is 23.7 Å². The van der Waals surface area contributed by atoms with Crippen molar-refractivity contribution in [1.82, 2.24) is 4.98 Å². The zero-order valence-corrected chi connectivity index (χ0v) is 10.5. The first-order valence-electron chi connectivity index (χ1n) is 5.71.